The fourth-order valence-electron chi connectivity index (χ4n) is 2.70. The van der Waals surface area contributed by atoms with Crippen molar-refractivity contribution in [3.05, 3.63) is 24.1 Å². The van der Waals surface area contributed by atoms with Gasteiger partial charge in [0.25, 0.3) is 0 Å². The van der Waals surface area contributed by atoms with Crippen LogP contribution in [-0.2, 0) is 9.47 Å². The predicted molar refractivity (Wildman–Crippen MR) is 90.4 cm³/mol. The van der Waals surface area contributed by atoms with Crippen LogP contribution in [0.15, 0.2) is 24.1 Å². The van der Waals surface area contributed by atoms with Crippen LogP contribution in [0, 0.1) is 23.2 Å². The lowest BCUT2D eigenvalue weighted by Crippen LogP contribution is -2.24. The lowest BCUT2D eigenvalue weighted by molar-refractivity contribution is 0.108. The lowest BCUT2D eigenvalue weighted by atomic mass is 9.83. The van der Waals surface area contributed by atoms with Gasteiger partial charge in [0, 0.05) is 44.4 Å². The van der Waals surface area contributed by atoms with Crippen molar-refractivity contribution in [2.75, 3.05) is 33.0 Å². The summed E-state index contributed by atoms with van der Waals surface area (Å²) in [6.07, 6.45) is 6.72. The second-order valence-electron chi connectivity index (χ2n) is 5.72. The van der Waals surface area contributed by atoms with Crippen molar-refractivity contribution in [2.24, 2.45) is 11.8 Å². The van der Waals surface area contributed by atoms with Crippen LogP contribution in [0.2, 0.25) is 0 Å². The highest BCUT2D eigenvalue weighted by atomic mass is 16.5. The van der Waals surface area contributed by atoms with Crippen LogP contribution in [0.1, 0.15) is 39.0 Å². The van der Waals surface area contributed by atoms with E-state index in [1.165, 1.54) is 5.70 Å². The van der Waals surface area contributed by atoms with Gasteiger partial charge in [-0.2, -0.15) is 5.26 Å². The van der Waals surface area contributed by atoms with Gasteiger partial charge < -0.3 is 19.9 Å². The first-order chi connectivity index (χ1) is 11.2. The van der Waals surface area contributed by atoms with Crippen molar-refractivity contribution in [3.63, 3.8) is 0 Å². The highest BCUT2D eigenvalue weighted by Gasteiger charge is 2.26. The molecule has 0 aliphatic heterocycles. The smallest absolute Gasteiger partial charge is 0.109 e. The van der Waals surface area contributed by atoms with Crippen molar-refractivity contribution in [3.8, 4) is 6.07 Å². The molecular weight excluding hydrogens is 292 g/mol. The molecule has 1 aliphatic rings. The maximum atomic E-state index is 9.49. The van der Waals surface area contributed by atoms with Crippen LogP contribution in [0.25, 0.3) is 0 Å². The molecule has 0 fully saturated rings. The van der Waals surface area contributed by atoms with Crippen molar-refractivity contribution >= 4 is 0 Å². The van der Waals surface area contributed by atoms with Gasteiger partial charge in [-0.25, -0.2) is 0 Å². The first kappa shape index (κ1) is 19.5. The molecule has 23 heavy (non-hydrogen) atoms. The fraction of sp³-hybridized carbons (Fsp3) is 0.722. The number of hydrogen-bond acceptors (Lipinski definition) is 5. The van der Waals surface area contributed by atoms with Crippen molar-refractivity contribution in [2.45, 2.75) is 39.0 Å². The molecule has 0 aromatic carbocycles. The Bertz CT molecular complexity index is 415. The number of aliphatic hydroxyl groups is 1. The van der Waals surface area contributed by atoms with E-state index in [0.29, 0.717) is 25.6 Å². The summed E-state index contributed by atoms with van der Waals surface area (Å²) in [5.74, 6) is 0.392. The molecule has 0 amide bonds. The Hall–Kier alpha value is -1.51. The third-order valence-corrected chi connectivity index (χ3v) is 3.92. The zero-order valence-corrected chi connectivity index (χ0v) is 14.2. The maximum absolute atomic E-state index is 9.49. The zero-order valence-electron chi connectivity index (χ0n) is 14.2. The van der Waals surface area contributed by atoms with Gasteiger partial charge in [-0.15, -0.1) is 0 Å². The quantitative estimate of drug-likeness (QED) is 0.427. The normalized spacial score (nSPS) is 18.7. The molecule has 5 heteroatoms. The molecule has 2 N–H and O–H groups in total. The van der Waals surface area contributed by atoms with E-state index in [1.54, 1.807) is 0 Å². The van der Waals surface area contributed by atoms with Gasteiger partial charge in [-0.1, -0.05) is 12.7 Å². The van der Waals surface area contributed by atoms with E-state index >= 15 is 0 Å². The molecule has 0 aromatic rings. The summed E-state index contributed by atoms with van der Waals surface area (Å²) in [5.41, 5.74) is 1.17. The largest absolute Gasteiger partial charge is 0.497 e. The van der Waals surface area contributed by atoms with Crippen molar-refractivity contribution < 1.29 is 14.6 Å². The van der Waals surface area contributed by atoms with E-state index in [-0.39, 0.29) is 18.4 Å². The summed E-state index contributed by atoms with van der Waals surface area (Å²) >= 11 is 0. The SMILES string of the molecule is C=C(OCCCOCC)C(C#N)C1C=C(NCCCO)CCC1. The highest BCUT2D eigenvalue weighted by Crippen LogP contribution is 2.31. The molecule has 0 aromatic heterocycles. The Morgan fingerprint density at radius 3 is 3.04 bits per heavy atom. The summed E-state index contributed by atoms with van der Waals surface area (Å²) in [5, 5.41) is 21.7. The van der Waals surface area contributed by atoms with E-state index in [0.717, 1.165) is 38.6 Å². The van der Waals surface area contributed by atoms with Gasteiger partial charge in [-0.05, 0) is 32.6 Å². The minimum atomic E-state index is -0.308. The number of nitrogens with zero attached hydrogens (tertiary/aromatic N) is 1. The number of ether oxygens (including phenoxy) is 2. The minimum Gasteiger partial charge on any atom is -0.497 e. The molecule has 1 rings (SSSR count). The molecule has 2 atom stereocenters. The van der Waals surface area contributed by atoms with E-state index in [2.05, 4.69) is 24.0 Å². The van der Waals surface area contributed by atoms with Gasteiger partial charge in [0.1, 0.15) is 11.7 Å². The summed E-state index contributed by atoms with van der Waals surface area (Å²) in [7, 11) is 0. The van der Waals surface area contributed by atoms with Gasteiger partial charge in [0.2, 0.25) is 0 Å². The van der Waals surface area contributed by atoms with E-state index < -0.39 is 0 Å². The van der Waals surface area contributed by atoms with Crippen LogP contribution in [-0.4, -0.2) is 38.1 Å². The summed E-state index contributed by atoms with van der Waals surface area (Å²) in [6.45, 7) is 8.79. The Kier molecular flexibility index (Phi) is 10.2. The molecule has 0 bridgehead atoms. The molecule has 0 spiro atoms. The standard InChI is InChI=1S/C18H30N2O3/c1-3-22-11-6-12-23-15(2)18(14-19)16-7-4-8-17(13-16)20-9-5-10-21/h13,16,18,20-21H,2-12H2,1H3. The number of nitriles is 1. The topological polar surface area (TPSA) is 74.5 Å². The minimum absolute atomic E-state index is 0.143. The maximum Gasteiger partial charge on any atom is 0.109 e. The Morgan fingerprint density at radius 2 is 2.35 bits per heavy atom. The molecule has 0 heterocycles. The molecule has 5 nitrogen and oxygen atoms in total. The van der Waals surface area contributed by atoms with E-state index in [9.17, 15) is 5.26 Å². The van der Waals surface area contributed by atoms with Crippen LogP contribution in [0.4, 0.5) is 0 Å². The highest BCUT2D eigenvalue weighted by molar-refractivity contribution is 5.16. The third-order valence-electron chi connectivity index (χ3n) is 3.92. The molecule has 0 saturated heterocycles. The molecule has 130 valence electrons. The van der Waals surface area contributed by atoms with Crippen LogP contribution < -0.4 is 5.32 Å². The molecular formula is C18H30N2O3. The van der Waals surface area contributed by atoms with E-state index in [4.69, 9.17) is 14.6 Å². The second kappa shape index (κ2) is 12.0. The fourth-order valence-corrected chi connectivity index (χ4v) is 2.70. The Morgan fingerprint density at radius 1 is 1.52 bits per heavy atom. The Labute approximate surface area is 140 Å². The van der Waals surface area contributed by atoms with Gasteiger partial charge in [-0.3, -0.25) is 0 Å². The average Bonchev–Trinajstić information content (AvgIpc) is 2.56. The first-order valence-electron chi connectivity index (χ1n) is 8.57. The Balaban J connectivity index is 2.46. The third kappa shape index (κ3) is 7.54. The summed E-state index contributed by atoms with van der Waals surface area (Å²) < 4.78 is 10.9. The number of rotatable bonds is 12. The molecule has 1 aliphatic carbocycles. The second-order valence-corrected chi connectivity index (χ2v) is 5.72. The van der Waals surface area contributed by atoms with Crippen LogP contribution >= 0.6 is 0 Å². The number of hydrogen-bond donors (Lipinski definition) is 2. The van der Waals surface area contributed by atoms with Gasteiger partial charge in [0.05, 0.1) is 12.7 Å². The molecule has 2 unspecified atom stereocenters. The molecule has 0 radical (unpaired) electrons. The van der Waals surface area contributed by atoms with Gasteiger partial charge in [0.15, 0.2) is 0 Å². The lowest BCUT2D eigenvalue weighted by Gasteiger charge is -2.26. The average molecular weight is 322 g/mol. The monoisotopic (exact) mass is 322 g/mol. The van der Waals surface area contributed by atoms with Crippen LogP contribution in [0.3, 0.4) is 0 Å². The number of aliphatic hydroxyl groups excluding tert-OH is 1. The van der Waals surface area contributed by atoms with Gasteiger partial charge >= 0.3 is 0 Å². The predicted octanol–water partition coefficient (Wildman–Crippen LogP) is 2.74. The van der Waals surface area contributed by atoms with Crippen molar-refractivity contribution in [1.82, 2.24) is 5.32 Å². The summed E-state index contributed by atoms with van der Waals surface area (Å²) in [4.78, 5) is 0. The summed E-state index contributed by atoms with van der Waals surface area (Å²) in [6, 6.07) is 2.34. The number of allylic oxidation sites excluding steroid dienone is 3. The zero-order chi connectivity index (χ0) is 16.9. The van der Waals surface area contributed by atoms with E-state index in [1.807, 2.05) is 6.92 Å². The number of nitrogens with one attached hydrogen (secondary N) is 1. The first-order valence-corrected chi connectivity index (χ1v) is 8.57. The van der Waals surface area contributed by atoms with Crippen LogP contribution in [0.5, 0.6) is 0 Å². The molecule has 0 saturated carbocycles. The van der Waals surface area contributed by atoms with Crippen molar-refractivity contribution in [1.29, 1.82) is 5.26 Å².